The summed E-state index contributed by atoms with van der Waals surface area (Å²) >= 11 is 5.79. The van der Waals surface area contributed by atoms with Gasteiger partial charge in [0.1, 0.15) is 17.3 Å². The minimum absolute atomic E-state index is 0.227. The highest BCUT2D eigenvalue weighted by atomic mass is 35.5. The zero-order valence-corrected chi connectivity index (χ0v) is 7.74. The van der Waals surface area contributed by atoms with Gasteiger partial charge in [0, 0.05) is 23.5 Å². The van der Waals surface area contributed by atoms with E-state index in [2.05, 4.69) is 15.0 Å². The Balaban J connectivity index is 2.61. The Bertz CT molecular complexity index is 418. The third-order valence-electron chi connectivity index (χ3n) is 1.73. The number of pyridine rings is 1. The Morgan fingerprint density at radius 2 is 2.00 bits per heavy atom. The molecule has 0 aliphatic rings. The normalized spacial score (nSPS) is 10.1. The van der Waals surface area contributed by atoms with Crippen molar-refractivity contribution in [3.05, 3.63) is 42.0 Å². The van der Waals surface area contributed by atoms with Crippen LogP contribution in [0.15, 0.2) is 31.0 Å². The minimum Gasteiger partial charge on any atom is -0.262 e. The molecule has 2 aromatic heterocycles. The molecular weight excluding hydrogens is 205 g/mol. The quantitative estimate of drug-likeness (QED) is 0.677. The maximum Gasteiger partial charge on any atom is 0.149 e. The molecule has 0 aromatic carbocycles. The molecule has 0 radical (unpaired) electrons. The summed E-state index contributed by atoms with van der Waals surface area (Å²) in [7, 11) is 0. The number of hydrogen-bond acceptors (Lipinski definition) is 3. The van der Waals surface area contributed by atoms with E-state index >= 15 is 0 Å². The van der Waals surface area contributed by atoms with Crippen molar-refractivity contribution in [2.45, 2.75) is 0 Å². The highest BCUT2D eigenvalue weighted by Gasteiger charge is 2.08. The van der Waals surface area contributed by atoms with Gasteiger partial charge < -0.3 is 0 Å². The molecule has 0 N–H and O–H groups in total. The van der Waals surface area contributed by atoms with Gasteiger partial charge in [-0.25, -0.2) is 14.4 Å². The van der Waals surface area contributed by atoms with Crippen LogP contribution in [0.3, 0.4) is 0 Å². The molecule has 3 nitrogen and oxygen atoms in total. The Kier molecular flexibility index (Phi) is 2.37. The first-order valence-corrected chi connectivity index (χ1v) is 4.22. The third kappa shape index (κ3) is 1.56. The van der Waals surface area contributed by atoms with Gasteiger partial charge >= 0.3 is 0 Å². The lowest BCUT2D eigenvalue weighted by Crippen LogP contribution is -1.89. The molecule has 70 valence electrons. The molecule has 2 aromatic rings. The van der Waals surface area contributed by atoms with E-state index in [0.29, 0.717) is 11.1 Å². The lowest BCUT2D eigenvalue weighted by atomic mass is 10.1. The monoisotopic (exact) mass is 209 g/mol. The molecule has 0 saturated carbocycles. The number of halogens is 2. The Labute approximate surface area is 84.6 Å². The number of rotatable bonds is 1. The average molecular weight is 210 g/mol. The van der Waals surface area contributed by atoms with Gasteiger partial charge in [-0.1, -0.05) is 11.6 Å². The molecule has 0 aliphatic heterocycles. The molecule has 0 amide bonds. The van der Waals surface area contributed by atoms with Gasteiger partial charge in [-0.2, -0.15) is 0 Å². The highest BCUT2D eigenvalue weighted by Crippen LogP contribution is 2.26. The summed E-state index contributed by atoms with van der Waals surface area (Å²) in [6.07, 6.45) is 5.39. The molecule has 5 heteroatoms. The average Bonchev–Trinajstić information content (AvgIpc) is 2.20. The standard InChI is InChI=1S/C9H5ClFN3/c10-9-7(3-13-5-14-9)6-1-2-12-4-8(6)11/h1-5H. The topological polar surface area (TPSA) is 38.7 Å². The van der Waals surface area contributed by atoms with Gasteiger partial charge in [0.05, 0.1) is 6.20 Å². The Morgan fingerprint density at radius 1 is 1.14 bits per heavy atom. The summed E-state index contributed by atoms with van der Waals surface area (Å²) < 4.78 is 13.3. The smallest absolute Gasteiger partial charge is 0.149 e. The van der Waals surface area contributed by atoms with E-state index in [1.165, 1.54) is 24.8 Å². The Morgan fingerprint density at radius 3 is 2.71 bits per heavy atom. The van der Waals surface area contributed by atoms with Crippen LogP contribution in [-0.2, 0) is 0 Å². The summed E-state index contributed by atoms with van der Waals surface area (Å²) in [6, 6.07) is 1.53. The van der Waals surface area contributed by atoms with Crippen LogP contribution in [-0.4, -0.2) is 15.0 Å². The van der Waals surface area contributed by atoms with Crippen LogP contribution in [0.5, 0.6) is 0 Å². The zero-order valence-electron chi connectivity index (χ0n) is 6.98. The molecule has 0 atom stereocenters. The van der Waals surface area contributed by atoms with Crippen LogP contribution in [0.2, 0.25) is 5.15 Å². The van der Waals surface area contributed by atoms with Crippen molar-refractivity contribution in [1.82, 2.24) is 15.0 Å². The maximum absolute atomic E-state index is 13.3. The second-order valence-electron chi connectivity index (χ2n) is 2.58. The molecule has 2 rings (SSSR count). The van der Waals surface area contributed by atoms with Crippen molar-refractivity contribution in [3.63, 3.8) is 0 Å². The first-order chi connectivity index (χ1) is 6.79. The lowest BCUT2D eigenvalue weighted by Gasteiger charge is -2.02. The summed E-state index contributed by atoms with van der Waals surface area (Å²) in [5.41, 5.74) is 0.819. The molecular formula is C9H5ClFN3. The highest BCUT2D eigenvalue weighted by molar-refractivity contribution is 6.32. The van der Waals surface area contributed by atoms with Crippen molar-refractivity contribution < 1.29 is 4.39 Å². The molecule has 0 spiro atoms. The molecule has 0 bridgehead atoms. The summed E-state index contributed by atoms with van der Waals surface area (Å²) in [4.78, 5) is 11.2. The van der Waals surface area contributed by atoms with Crippen molar-refractivity contribution in [1.29, 1.82) is 0 Å². The summed E-state index contributed by atoms with van der Waals surface area (Å²) in [5, 5.41) is 0.227. The van der Waals surface area contributed by atoms with E-state index in [9.17, 15) is 4.39 Å². The fourth-order valence-corrected chi connectivity index (χ4v) is 1.28. The molecule has 0 aliphatic carbocycles. The van der Waals surface area contributed by atoms with Crippen LogP contribution in [0.4, 0.5) is 4.39 Å². The van der Waals surface area contributed by atoms with Gasteiger partial charge in [0.2, 0.25) is 0 Å². The molecule has 0 fully saturated rings. The number of nitrogens with zero attached hydrogens (tertiary/aromatic N) is 3. The van der Waals surface area contributed by atoms with E-state index in [4.69, 9.17) is 11.6 Å². The van der Waals surface area contributed by atoms with E-state index in [-0.39, 0.29) is 5.15 Å². The summed E-state index contributed by atoms with van der Waals surface area (Å²) in [6.45, 7) is 0. The first-order valence-electron chi connectivity index (χ1n) is 3.84. The molecule has 2 heterocycles. The van der Waals surface area contributed by atoms with Crippen molar-refractivity contribution >= 4 is 11.6 Å². The fourth-order valence-electron chi connectivity index (χ4n) is 1.09. The summed E-state index contributed by atoms with van der Waals surface area (Å²) in [5.74, 6) is -0.441. The molecule has 14 heavy (non-hydrogen) atoms. The largest absolute Gasteiger partial charge is 0.262 e. The second-order valence-corrected chi connectivity index (χ2v) is 2.94. The molecule has 0 saturated heterocycles. The third-order valence-corrected chi connectivity index (χ3v) is 2.03. The van der Waals surface area contributed by atoms with Gasteiger partial charge in [-0.05, 0) is 6.07 Å². The van der Waals surface area contributed by atoms with Crippen molar-refractivity contribution in [2.75, 3.05) is 0 Å². The first kappa shape index (κ1) is 9.02. The maximum atomic E-state index is 13.3. The lowest BCUT2D eigenvalue weighted by molar-refractivity contribution is 0.625. The van der Waals surface area contributed by atoms with Crippen molar-refractivity contribution in [2.24, 2.45) is 0 Å². The SMILES string of the molecule is Fc1cnccc1-c1cncnc1Cl. The fraction of sp³-hybridized carbons (Fsp3) is 0. The van der Waals surface area contributed by atoms with Crippen LogP contribution < -0.4 is 0 Å². The van der Waals surface area contributed by atoms with Gasteiger partial charge in [0.25, 0.3) is 0 Å². The van der Waals surface area contributed by atoms with E-state index in [0.717, 1.165) is 6.20 Å². The number of hydrogen-bond donors (Lipinski definition) is 0. The van der Waals surface area contributed by atoms with E-state index in [1.807, 2.05) is 0 Å². The Hall–Kier alpha value is -1.55. The van der Waals surface area contributed by atoms with Gasteiger partial charge in [-0.3, -0.25) is 4.98 Å². The minimum atomic E-state index is -0.441. The zero-order chi connectivity index (χ0) is 9.97. The van der Waals surface area contributed by atoms with E-state index in [1.54, 1.807) is 0 Å². The van der Waals surface area contributed by atoms with Gasteiger partial charge in [-0.15, -0.1) is 0 Å². The van der Waals surface area contributed by atoms with Gasteiger partial charge in [0.15, 0.2) is 0 Å². The molecule has 0 unspecified atom stereocenters. The van der Waals surface area contributed by atoms with Crippen LogP contribution in [0.1, 0.15) is 0 Å². The number of aromatic nitrogens is 3. The van der Waals surface area contributed by atoms with Crippen LogP contribution >= 0.6 is 11.6 Å². The predicted molar refractivity (Wildman–Crippen MR) is 50.2 cm³/mol. The second kappa shape index (κ2) is 3.67. The van der Waals surface area contributed by atoms with Crippen LogP contribution in [0.25, 0.3) is 11.1 Å². The van der Waals surface area contributed by atoms with E-state index < -0.39 is 5.82 Å². The predicted octanol–water partition coefficient (Wildman–Crippen LogP) is 2.33. The van der Waals surface area contributed by atoms with Crippen LogP contribution in [0, 0.1) is 5.82 Å². The van der Waals surface area contributed by atoms with Crippen molar-refractivity contribution in [3.8, 4) is 11.1 Å².